The third-order valence-electron chi connectivity index (χ3n) is 5.33. The summed E-state index contributed by atoms with van der Waals surface area (Å²) in [5.74, 6) is 0.822. The zero-order valence-corrected chi connectivity index (χ0v) is 16.6. The molecule has 1 fully saturated rings. The van der Waals surface area contributed by atoms with E-state index in [2.05, 4.69) is 41.5 Å². The Morgan fingerprint density at radius 2 is 1.78 bits per heavy atom. The van der Waals surface area contributed by atoms with Crippen molar-refractivity contribution in [3.63, 3.8) is 0 Å². The quantitative estimate of drug-likeness (QED) is 0.748. The monoisotopic (exact) mass is 367 g/mol. The Kier molecular flexibility index (Phi) is 5.59. The minimum absolute atomic E-state index is 0.165. The van der Waals surface area contributed by atoms with E-state index in [1.165, 1.54) is 5.69 Å². The second kappa shape index (κ2) is 7.91. The van der Waals surface area contributed by atoms with Gasteiger partial charge in [-0.3, -0.25) is 0 Å². The Morgan fingerprint density at radius 1 is 1.11 bits per heavy atom. The van der Waals surface area contributed by atoms with E-state index in [1.54, 1.807) is 7.11 Å². The van der Waals surface area contributed by atoms with E-state index in [-0.39, 0.29) is 11.6 Å². The Labute approximate surface area is 161 Å². The number of hydrogen-bond donors (Lipinski definition) is 2. The third-order valence-corrected chi connectivity index (χ3v) is 5.33. The van der Waals surface area contributed by atoms with Crippen LogP contribution in [0.2, 0.25) is 0 Å². The highest BCUT2D eigenvalue weighted by Crippen LogP contribution is 2.45. The van der Waals surface area contributed by atoms with Gasteiger partial charge >= 0.3 is 6.03 Å². The van der Waals surface area contributed by atoms with Gasteiger partial charge < -0.3 is 20.3 Å². The summed E-state index contributed by atoms with van der Waals surface area (Å²) in [5, 5.41) is 6.16. The molecule has 0 radical (unpaired) electrons. The predicted molar refractivity (Wildman–Crippen MR) is 111 cm³/mol. The summed E-state index contributed by atoms with van der Waals surface area (Å²) in [4.78, 5) is 14.9. The lowest BCUT2D eigenvalue weighted by atomic mass is 10.1. The zero-order valence-electron chi connectivity index (χ0n) is 16.6. The van der Waals surface area contributed by atoms with Gasteiger partial charge in [-0.15, -0.1) is 0 Å². The van der Waals surface area contributed by atoms with Crippen LogP contribution in [0.15, 0.2) is 42.5 Å². The van der Waals surface area contributed by atoms with Gasteiger partial charge in [0.1, 0.15) is 5.75 Å². The van der Waals surface area contributed by atoms with E-state index in [4.69, 9.17) is 4.74 Å². The Morgan fingerprint density at radius 3 is 2.30 bits per heavy atom. The molecule has 0 aromatic heterocycles. The highest BCUT2D eigenvalue weighted by Gasteiger charge is 2.45. The number of ether oxygens (including phenoxy) is 1. The highest BCUT2D eigenvalue weighted by atomic mass is 16.5. The Bertz CT molecular complexity index is 794. The van der Waals surface area contributed by atoms with Crippen LogP contribution in [0.5, 0.6) is 5.75 Å². The summed E-state index contributed by atoms with van der Waals surface area (Å²) in [6.45, 7) is 8.25. The minimum Gasteiger partial charge on any atom is -0.497 e. The fraction of sp³-hybridized carbons (Fsp3) is 0.409. The summed E-state index contributed by atoms with van der Waals surface area (Å²) >= 11 is 0. The number of carbonyl (C=O) groups excluding carboxylic acids is 1. The van der Waals surface area contributed by atoms with Gasteiger partial charge in [-0.05, 0) is 75.1 Å². The molecule has 0 spiro atoms. The van der Waals surface area contributed by atoms with Crippen molar-refractivity contribution in [3.8, 4) is 5.75 Å². The van der Waals surface area contributed by atoms with Crippen molar-refractivity contribution < 1.29 is 9.53 Å². The van der Waals surface area contributed by atoms with Crippen LogP contribution in [0.1, 0.15) is 37.8 Å². The molecule has 144 valence electrons. The molecule has 0 unspecified atom stereocenters. The van der Waals surface area contributed by atoms with E-state index in [9.17, 15) is 4.79 Å². The first kappa shape index (κ1) is 19.1. The number of hydrogen-bond acceptors (Lipinski definition) is 3. The molecule has 3 rings (SSSR count). The number of benzene rings is 2. The van der Waals surface area contributed by atoms with Crippen LogP contribution < -0.4 is 20.3 Å². The van der Waals surface area contributed by atoms with Gasteiger partial charge in [0.05, 0.1) is 12.6 Å². The van der Waals surface area contributed by atoms with Crippen LogP contribution in [0.3, 0.4) is 0 Å². The van der Waals surface area contributed by atoms with Crippen molar-refractivity contribution in [3.05, 3.63) is 53.6 Å². The van der Waals surface area contributed by atoms with Gasteiger partial charge in [0, 0.05) is 24.5 Å². The van der Waals surface area contributed by atoms with Gasteiger partial charge in [0.15, 0.2) is 0 Å². The van der Waals surface area contributed by atoms with E-state index in [1.807, 2.05) is 37.3 Å². The van der Waals surface area contributed by atoms with Gasteiger partial charge in [-0.25, -0.2) is 4.79 Å². The second-order valence-corrected chi connectivity index (χ2v) is 7.06. The molecule has 1 aliphatic rings. The lowest BCUT2D eigenvalue weighted by molar-refractivity contribution is 0.247. The van der Waals surface area contributed by atoms with Crippen molar-refractivity contribution in [1.29, 1.82) is 0 Å². The fourth-order valence-electron chi connectivity index (χ4n) is 3.47. The molecule has 0 atom stereocenters. The number of methoxy groups -OCH3 is 1. The number of rotatable bonds is 7. The van der Waals surface area contributed by atoms with E-state index < -0.39 is 0 Å². The van der Waals surface area contributed by atoms with E-state index in [0.29, 0.717) is 0 Å². The lowest BCUT2D eigenvalue weighted by Gasteiger charge is -2.23. The molecule has 5 nitrogen and oxygen atoms in total. The first-order chi connectivity index (χ1) is 13.0. The number of nitrogens with zero attached hydrogens (tertiary/aromatic N) is 1. The maximum absolute atomic E-state index is 12.6. The zero-order chi connectivity index (χ0) is 19.4. The third kappa shape index (κ3) is 4.18. The molecule has 0 aliphatic heterocycles. The fourth-order valence-corrected chi connectivity index (χ4v) is 3.47. The molecule has 0 saturated heterocycles. The maximum Gasteiger partial charge on any atom is 0.319 e. The Balaban J connectivity index is 1.67. The number of nitrogens with one attached hydrogen (secondary N) is 2. The summed E-state index contributed by atoms with van der Waals surface area (Å²) in [5.41, 5.74) is 3.94. The average Bonchev–Trinajstić information content (AvgIpc) is 3.45. The first-order valence-electron chi connectivity index (χ1n) is 9.60. The predicted octanol–water partition coefficient (Wildman–Crippen LogP) is 4.66. The van der Waals surface area contributed by atoms with E-state index in [0.717, 1.165) is 48.5 Å². The second-order valence-electron chi connectivity index (χ2n) is 7.06. The SMILES string of the molecule is CCN(CC)c1ccc(NC(=O)NC2(c3ccc(OC)cc3)CC2)c(C)c1. The maximum atomic E-state index is 12.6. The van der Waals surface area contributed by atoms with Crippen LogP contribution in [0, 0.1) is 6.92 Å². The topological polar surface area (TPSA) is 53.6 Å². The smallest absolute Gasteiger partial charge is 0.319 e. The number of carbonyl (C=O) groups is 1. The minimum atomic E-state index is -0.259. The summed E-state index contributed by atoms with van der Waals surface area (Å²) in [7, 11) is 1.65. The number of anilines is 2. The van der Waals surface area contributed by atoms with Crippen LogP contribution in [0.4, 0.5) is 16.2 Å². The standard InChI is InChI=1S/C22H29N3O2/c1-5-25(6-2)18-9-12-20(16(3)15-18)23-21(26)24-22(13-14-22)17-7-10-19(27-4)11-8-17/h7-12,15H,5-6,13-14H2,1-4H3,(H2,23,24,26). The number of aryl methyl sites for hydroxylation is 1. The summed E-state index contributed by atoms with van der Waals surface area (Å²) in [6, 6.07) is 13.9. The van der Waals surface area contributed by atoms with Crippen molar-refractivity contribution in [2.75, 3.05) is 30.4 Å². The Hall–Kier alpha value is -2.69. The molecular weight excluding hydrogens is 338 g/mol. The largest absolute Gasteiger partial charge is 0.497 e. The van der Waals surface area contributed by atoms with Gasteiger partial charge in [0.25, 0.3) is 0 Å². The summed E-state index contributed by atoms with van der Waals surface area (Å²) < 4.78 is 5.21. The van der Waals surface area contributed by atoms with Gasteiger partial charge in [0.2, 0.25) is 0 Å². The van der Waals surface area contributed by atoms with Crippen molar-refractivity contribution >= 4 is 17.4 Å². The normalized spacial score (nSPS) is 14.4. The molecule has 2 aromatic rings. The molecule has 27 heavy (non-hydrogen) atoms. The van der Waals surface area contributed by atoms with Crippen molar-refractivity contribution in [2.45, 2.75) is 39.2 Å². The molecule has 1 saturated carbocycles. The molecule has 2 aromatic carbocycles. The molecule has 1 aliphatic carbocycles. The molecule has 0 heterocycles. The van der Waals surface area contributed by atoms with Crippen LogP contribution >= 0.6 is 0 Å². The highest BCUT2D eigenvalue weighted by molar-refractivity contribution is 5.91. The molecule has 2 N–H and O–H groups in total. The van der Waals surface area contributed by atoms with E-state index >= 15 is 0 Å². The van der Waals surface area contributed by atoms with Gasteiger partial charge in [-0.2, -0.15) is 0 Å². The first-order valence-corrected chi connectivity index (χ1v) is 9.60. The van der Waals surface area contributed by atoms with Crippen molar-refractivity contribution in [2.24, 2.45) is 0 Å². The summed E-state index contributed by atoms with van der Waals surface area (Å²) in [6.07, 6.45) is 1.90. The average molecular weight is 367 g/mol. The van der Waals surface area contributed by atoms with Crippen LogP contribution in [0.25, 0.3) is 0 Å². The molecule has 0 bridgehead atoms. The van der Waals surface area contributed by atoms with Gasteiger partial charge in [-0.1, -0.05) is 12.1 Å². The van der Waals surface area contributed by atoms with Crippen LogP contribution in [-0.4, -0.2) is 26.2 Å². The molecule has 2 amide bonds. The van der Waals surface area contributed by atoms with Crippen LogP contribution in [-0.2, 0) is 5.54 Å². The molecular formula is C22H29N3O2. The number of urea groups is 1. The lowest BCUT2D eigenvalue weighted by Crippen LogP contribution is -2.38. The number of amides is 2. The van der Waals surface area contributed by atoms with Crippen molar-refractivity contribution in [1.82, 2.24) is 5.32 Å². The molecule has 5 heteroatoms.